The molecule has 1 aliphatic rings. The molecule has 0 aliphatic heterocycles. The van der Waals surface area contributed by atoms with E-state index in [4.69, 9.17) is 0 Å². The van der Waals surface area contributed by atoms with Gasteiger partial charge in [0.15, 0.2) is 5.16 Å². The summed E-state index contributed by atoms with van der Waals surface area (Å²) in [7, 11) is 0. The zero-order chi connectivity index (χ0) is 19.7. The van der Waals surface area contributed by atoms with Crippen molar-refractivity contribution in [3.63, 3.8) is 0 Å². The molecule has 28 heavy (non-hydrogen) atoms. The fraction of sp³-hybridized carbons (Fsp3) is 0.400. The number of benzene rings is 1. The Kier molecular flexibility index (Phi) is 5.21. The van der Waals surface area contributed by atoms with Crippen LogP contribution in [0, 0.1) is 0 Å². The van der Waals surface area contributed by atoms with Gasteiger partial charge in [0, 0.05) is 23.7 Å². The van der Waals surface area contributed by atoms with E-state index in [-0.39, 0.29) is 17.2 Å². The van der Waals surface area contributed by atoms with Crippen LogP contribution in [0.3, 0.4) is 0 Å². The Morgan fingerprint density at radius 3 is 2.57 bits per heavy atom. The standard InChI is InChI=1S/C20H24N6OS/c1-13(2)26-17(11-12-21-26)22-19(27)14(3)28-20-24-23-18(15-9-10-15)25(20)16-7-5-4-6-8-16/h4-8,11-15H,9-10H2,1-3H3,(H,22,27)/t14-/m1/s1. The highest BCUT2D eigenvalue weighted by atomic mass is 32.2. The summed E-state index contributed by atoms with van der Waals surface area (Å²) >= 11 is 1.42. The molecule has 2 heterocycles. The number of hydrogen-bond donors (Lipinski definition) is 1. The van der Waals surface area contributed by atoms with Gasteiger partial charge in [-0.2, -0.15) is 5.10 Å². The van der Waals surface area contributed by atoms with Crippen LogP contribution in [0.1, 0.15) is 51.4 Å². The molecule has 146 valence electrons. The van der Waals surface area contributed by atoms with Crippen LogP contribution in [0.25, 0.3) is 5.69 Å². The van der Waals surface area contributed by atoms with E-state index < -0.39 is 0 Å². The molecular formula is C20H24N6OS. The van der Waals surface area contributed by atoms with E-state index in [1.165, 1.54) is 11.8 Å². The summed E-state index contributed by atoms with van der Waals surface area (Å²) in [5.74, 6) is 2.07. The van der Waals surface area contributed by atoms with Gasteiger partial charge in [0.25, 0.3) is 0 Å². The third-order valence-electron chi connectivity index (χ3n) is 4.68. The molecule has 1 N–H and O–H groups in total. The van der Waals surface area contributed by atoms with Gasteiger partial charge in [-0.1, -0.05) is 30.0 Å². The van der Waals surface area contributed by atoms with Gasteiger partial charge in [-0.05, 0) is 45.7 Å². The predicted molar refractivity (Wildman–Crippen MR) is 110 cm³/mol. The molecule has 3 aromatic rings. The number of carbonyl (C=O) groups is 1. The molecule has 1 fully saturated rings. The molecule has 0 bridgehead atoms. The maximum absolute atomic E-state index is 12.8. The Morgan fingerprint density at radius 2 is 1.89 bits per heavy atom. The second-order valence-corrected chi connectivity index (χ2v) is 8.60. The normalized spacial score (nSPS) is 15.0. The Balaban J connectivity index is 1.54. The Morgan fingerprint density at radius 1 is 1.14 bits per heavy atom. The molecule has 4 rings (SSSR count). The lowest BCUT2D eigenvalue weighted by Crippen LogP contribution is -2.25. The first-order valence-electron chi connectivity index (χ1n) is 9.56. The van der Waals surface area contributed by atoms with Crippen LogP contribution in [0.5, 0.6) is 0 Å². The van der Waals surface area contributed by atoms with Gasteiger partial charge in [0.05, 0.1) is 11.4 Å². The van der Waals surface area contributed by atoms with Crippen LogP contribution in [-0.2, 0) is 4.79 Å². The van der Waals surface area contributed by atoms with Crippen molar-refractivity contribution < 1.29 is 4.79 Å². The van der Waals surface area contributed by atoms with Gasteiger partial charge in [-0.3, -0.25) is 9.36 Å². The van der Waals surface area contributed by atoms with E-state index in [0.717, 1.165) is 29.5 Å². The van der Waals surface area contributed by atoms with Crippen molar-refractivity contribution in [2.24, 2.45) is 0 Å². The molecule has 7 nitrogen and oxygen atoms in total. The number of thioether (sulfide) groups is 1. The lowest BCUT2D eigenvalue weighted by atomic mass is 10.3. The van der Waals surface area contributed by atoms with Gasteiger partial charge >= 0.3 is 0 Å². The molecular weight excluding hydrogens is 372 g/mol. The molecule has 0 unspecified atom stereocenters. The SMILES string of the molecule is CC(C)n1nccc1NC(=O)[C@@H](C)Sc1nnc(C2CC2)n1-c1ccccc1. The molecule has 8 heteroatoms. The highest BCUT2D eigenvalue weighted by Gasteiger charge is 2.32. The summed E-state index contributed by atoms with van der Waals surface area (Å²) in [6, 6.07) is 12.1. The van der Waals surface area contributed by atoms with Crippen LogP contribution in [0.4, 0.5) is 5.82 Å². The van der Waals surface area contributed by atoms with E-state index in [9.17, 15) is 4.79 Å². The first kappa shape index (κ1) is 18.7. The zero-order valence-electron chi connectivity index (χ0n) is 16.2. The Bertz CT molecular complexity index is 960. The van der Waals surface area contributed by atoms with Crippen molar-refractivity contribution >= 4 is 23.5 Å². The summed E-state index contributed by atoms with van der Waals surface area (Å²) in [5, 5.41) is 16.5. The van der Waals surface area contributed by atoms with Crippen molar-refractivity contribution in [2.75, 3.05) is 5.32 Å². The van der Waals surface area contributed by atoms with Crippen LogP contribution in [0.15, 0.2) is 47.8 Å². The van der Waals surface area contributed by atoms with Gasteiger partial charge in [0.1, 0.15) is 11.6 Å². The van der Waals surface area contributed by atoms with Crippen molar-refractivity contribution in [2.45, 2.75) is 56.0 Å². The van der Waals surface area contributed by atoms with Gasteiger partial charge in [-0.25, -0.2) is 4.68 Å². The summed E-state index contributed by atoms with van der Waals surface area (Å²) in [6.07, 6.45) is 3.98. The molecule has 0 spiro atoms. The number of nitrogens with zero attached hydrogens (tertiary/aromatic N) is 5. The van der Waals surface area contributed by atoms with E-state index >= 15 is 0 Å². The number of para-hydroxylation sites is 1. The lowest BCUT2D eigenvalue weighted by Gasteiger charge is -2.15. The van der Waals surface area contributed by atoms with Crippen LogP contribution in [0.2, 0.25) is 0 Å². The third-order valence-corrected chi connectivity index (χ3v) is 5.72. The highest BCUT2D eigenvalue weighted by Crippen LogP contribution is 2.41. The number of anilines is 1. The van der Waals surface area contributed by atoms with Crippen molar-refractivity contribution in [1.82, 2.24) is 24.5 Å². The molecule has 1 aromatic carbocycles. The first-order chi connectivity index (χ1) is 13.5. The monoisotopic (exact) mass is 396 g/mol. The average Bonchev–Trinajstić information content (AvgIpc) is 3.28. The fourth-order valence-corrected chi connectivity index (χ4v) is 3.92. The van der Waals surface area contributed by atoms with Crippen LogP contribution in [-0.4, -0.2) is 35.7 Å². The molecule has 1 amide bonds. The van der Waals surface area contributed by atoms with E-state index in [0.29, 0.717) is 11.7 Å². The number of amides is 1. The van der Waals surface area contributed by atoms with Gasteiger partial charge in [-0.15, -0.1) is 10.2 Å². The topological polar surface area (TPSA) is 77.6 Å². The number of rotatable bonds is 7. The van der Waals surface area contributed by atoms with E-state index in [2.05, 4.69) is 25.2 Å². The third kappa shape index (κ3) is 3.82. The van der Waals surface area contributed by atoms with E-state index in [1.807, 2.05) is 57.2 Å². The smallest absolute Gasteiger partial charge is 0.238 e. The zero-order valence-corrected chi connectivity index (χ0v) is 17.1. The second kappa shape index (κ2) is 7.79. The summed E-state index contributed by atoms with van der Waals surface area (Å²) in [5.41, 5.74) is 1.03. The summed E-state index contributed by atoms with van der Waals surface area (Å²) in [6.45, 7) is 5.95. The number of carbonyl (C=O) groups excluding carboxylic acids is 1. The fourth-order valence-electron chi connectivity index (χ4n) is 3.05. The Hall–Kier alpha value is -2.61. The molecule has 1 atom stereocenters. The molecule has 0 radical (unpaired) electrons. The van der Waals surface area contributed by atoms with E-state index in [1.54, 1.807) is 10.9 Å². The maximum Gasteiger partial charge on any atom is 0.238 e. The average molecular weight is 397 g/mol. The maximum atomic E-state index is 12.8. The van der Waals surface area contributed by atoms with Crippen LogP contribution >= 0.6 is 11.8 Å². The first-order valence-corrected chi connectivity index (χ1v) is 10.4. The highest BCUT2D eigenvalue weighted by molar-refractivity contribution is 8.00. The Labute approximate surface area is 168 Å². The molecule has 1 saturated carbocycles. The molecule has 1 aliphatic carbocycles. The molecule has 0 saturated heterocycles. The number of hydrogen-bond acceptors (Lipinski definition) is 5. The quantitative estimate of drug-likeness (QED) is 0.610. The lowest BCUT2D eigenvalue weighted by molar-refractivity contribution is -0.115. The largest absolute Gasteiger partial charge is 0.310 e. The number of nitrogens with one attached hydrogen (secondary N) is 1. The van der Waals surface area contributed by atoms with Crippen molar-refractivity contribution in [3.8, 4) is 5.69 Å². The van der Waals surface area contributed by atoms with Crippen LogP contribution < -0.4 is 5.32 Å². The predicted octanol–water partition coefficient (Wildman–Crippen LogP) is 4.04. The molecule has 2 aromatic heterocycles. The van der Waals surface area contributed by atoms with Crippen molar-refractivity contribution in [1.29, 1.82) is 0 Å². The van der Waals surface area contributed by atoms with Crippen molar-refractivity contribution in [3.05, 3.63) is 48.4 Å². The van der Waals surface area contributed by atoms with Gasteiger partial charge < -0.3 is 5.32 Å². The summed E-state index contributed by atoms with van der Waals surface area (Å²) in [4.78, 5) is 12.8. The minimum absolute atomic E-state index is 0.0806. The number of aromatic nitrogens is 5. The van der Waals surface area contributed by atoms with Gasteiger partial charge in [0.2, 0.25) is 5.91 Å². The minimum atomic E-state index is -0.325. The summed E-state index contributed by atoms with van der Waals surface area (Å²) < 4.78 is 3.89. The minimum Gasteiger partial charge on any atom is -0.310 e. The second-order valence-electron chi connectivity index (χ2n) is 7.29.